The number of halogens is 1. The summed E-state index contributed by atoms with van der Waals surface area (Å²) >= 11 is 5.81. The summed E-state index contributed by atoms with van der Waals surface area (Å²) in [6.45, 7) is 4.10. The minimum Gasteiger partial charge on any atom is -0.491 e. The lowest BCUT2D eigenvalue weighted by molar-refractivity contribution is 0.217. The van der Waals surface area contributed by atoms with Gasteiger partial charge in [0.25, 0.3) is 0 Å². The Morgan fingerprint density at radius 2 is 2.10 bits per heavy atom. The molecule has 1 aromatic carbocycles. The molecule has 1 unspecified atom stereocenters. The smallest absolute Gasteiger partial charge is 0.322 e. The van der Waals surface area contributed by atoms with Crippen molar-refractivity contribution in [3.8, 4) is 11.8 Å². The quantitative estimate of drug-likeness (QED) is 0.881. The van der Waals surface area contributed by atoms with Crippen molar-refractivity contribution in [2.24, 2.45) is 0 Å². The Kier molecular flexibility index (Phi) is 5.16. The number of benzene rings is 1. The minimum absolute atomic E-state index is 0.0661. The van der Waals surface area contributed by atoms with E-state index in [0.29, 0.717) is 5.95 Å². The van der Waals surface area contributed by atoms with Gasteiger partial charge in [-0.1, -0.05) is 13.0 Å². The number of nitrogens with one attached hydrogen (secondary N) is 1. The Labute approximate surface area is 128 Å². The third-order valence-corrected chi connectivity index (χ3v) is 2.94. The molecule has 0 radical (unpaired) electrons. The van der Waals surface area contributed by atoms with Crippen LogP contribution in [0.4, 0.5) is 11.6 Å². The fourth-order valence-electron chi connectivity index (χ4n) is 1.57. The van der Waals surface area contributed by atoms with E-state index in [0.717, 1.165) is 17.9 Å². The molecule has 1 heterocycles. The lowest BCUT2D eigenvalue weighted by Crippen LogP contribution is -2.09. The van der Waals surface area contributed by atoms with Crippen molar-refractivity contribution in [3.63, 3.8) is 0 Å². The molecule has 0 amide bonds. The van der Waals surface area contributed by atoms with Crippen LogP contribution in [0.15, 0.2) is 24.3 Å². The number of methoxy groups -OCH3 is 1. The van der Waals surface area contributed by atoms with E-state index >= 15 is 0 Å². The Balaban J connectivity index is 2.16. The molecule has 0 fully saturated rings. The maximum atomic E-state index is 5.81. The normalized spacial score (nSPS) is 11.8. The van der Waals surface area contributed by atoms with Crippen molar-refractivity contribution in [3.05, 3.63) is 29.5 Å². The molecule has 0 aliphatic carbocycles. The highest BCUT2D eigenvalue weighted by molar-refractivity contribution is 6.28. The maximum Gasteiger partial charge on any atom is 0.322 e. The van der Waals surface area contributed by atoms with Gasteiger partial charge < -0.3 is 14.8 Å². The van der Waals surface area contributed by atoms with Gasteiger partial charge in [0.05, 0.1) is 13.2 Å². The van der Waals surface area contributed by atoms with E-state index in [9.17, 15) is 0 Å². The molecule has 1 atom stereocenters. The maximum absolute atomic E-state index is 5.81. The molecule has 0 saturated carbocycles. The zero-order chi connectivity index (χ0) is 15.2. The van der Waals surface area contributed by atoms with Gasteiger partial charge in [0.2, 0.25) is 11.2 Å². The van der Waals surface area contributed by atoms with Crippen molar-refractivity contribution in [2.75, 3.05) is 12.4 Å². The molecule has 0 aliphatic rings. The van der Waals surface area contributed by atoms with Crippen LogP contribution < -0.4 is 14.8 Å². The number of rotatable bonds is 6. The van der Waals surface area contributed by atoms with Crippen LogP contribution in [0.1, 0.15) is 20.3 Å². The molecule has 7 heteroatoms. The van der Waals surface area contributed by atoms with Gasteiger partial charge in [-0.05, 0) is 37.1 Å². The second kappa shape index (κ2) is 7.08. The number of ether oxygens (including phenoxy) is 2. The number of hydrogen-bond donors (Lipinski definition) is 1. The third kappa shape index (κ3) is 4.46. The largest absolute Gasteiger partial charge is 0.491 e. The first-order chi connectivity index (χ1) is 10.1. The Bertz CT molecular complexity index is 609. The number of hydrogen-bond acceptors (Lipinski definition) is 6. The highest BCUT2D eigenvalue weighted by Crippen LogP contribution is 2.22. The molecule has 6 nitrogen and oxygen atoms in total. The van der Waals surface area contributed by atoms with E-state index < -0.39 is 0 Å². The van der Waals surface area contributed by atoms with Gasteiger partial charge in [0.15, 0.2) is 0 Å². The van der Waals surface area contributed by atoms with Gasteiger partial charge >= 0.3 is 6.01 Å². The van der Waals surface area contributed by atoms with Gasteiger partial charge in [-0.25, -0.2) is 0 Å². The summed E-state index contributed by atoms with van der Waals surface area (Å²) in [7, 11) is 1.47. The molecule has 0 saturated heterocycles. The highest BCUT2D eigenvalue weighted by atomic mass is 35.5. The average Bonchev–Trinajstić information content (AvgIpc) is 2.46. The van der Waals surface area contributed by atoms with E-state index in [1.807, 2.05) is 31.2 Å². The molecule has 112 valence electrons. The molecular weight excluding hydrogens is 292 g/mol. The summed E-state index contributed by atoms with van der Waals surface area (Å²) < 4.78 is 10.7. The van der Waals surface area contributed by atoms with E-state index in [2.05, 4.69) is 27.2 Å². The molecule has 1 aromatic heterocycles. The SMILES string of the molecule is CCC(C)Oc1cccc(Nc2nc(Cl)nc(OC)n2)c1. The lowest BCUT2D eigenvalue weighted by atomic mass is 10.3. The molecule has 0 aliphatic heterocycles. The fraction of sp³-hybridized carbons (Fsp3) is 0.357. The minimum atomic E-state index is 0.0661. The zero-order valence-corrected chi connectivity index (χ0v) is 12.9. The van der Waals surface area contributed by atoms with Crippen molar-refractivity contribution in [2.45, 2.75) is 26.4 Å². The van der Waals surface area contributed by atoms with Crippen molar-refractivity contribution in [1.82, 2.24) is 15.0 Å². The van der Waals surface area contributed by atoms with Gasteiger partial charge in [-0.3, -0.25) is 0 Å². The predicted octanol–water partition coefficient (Wildman–Crippen LogP) is 3.45. The topological polar surface area (TPSA) is 69.2 Å². The second-order valence-electron chi connectivity index (χ2n) is 4.40. The number of nitrogens with zero attached hydrogens (tertiary/aromatic N) is 3. The van der Waals surface area contributed by atoms with E-state index in [4.69, 9.17) is 21.1 Å². The van der Waals surface area contributed by atoms with Crippen LogP contribution in [0.25, 0.3) is 0 Å². The highest BCUT2D eigenvalue weighted by Gasteiger charge is 2.07. The first-order valence-electron chi connectivity index (χ1n) is 6.60. The number of anilines is 2. The summed E-state index contributed by atoms with van der Waals surface area (Å²) in [5.41, 5.74) is 0.792. The monoisotopic (exact) mass is 308 g/mol. The van der Waals surface area contributed by atoms with Crippen molar-refractivity contribution >= 4 is 23.2 Å². The molecule has 2 aromatic rings. The van der Waals surface area contributed by atoms with Crippen molar-refractivity contribution < 1.29 is 9.47 Å². The summed E-state index contributed by atoms with van der Waals surface area (Å²) in [4.78, 5) is 11.9. The number of aromatic nitrogens is 3. The van der Waals surface area contributed by atoms with Crippen LogP contribution in [-0.2, 0) is 0 Å². The molecule has 2 rings (SSSR count). The first kappa shape index (κ1) is 15.3. The molecule has 21 heavy (non-hydrogen) atoms. The zero-order valence-electron chi connectivity index (χ0n) is 12.1. The summed E-state index contributed by atoms with van der Waals surface area (Å²) in [5.74, 6) is 1.09. The van der Waals surface area contributed by atoms with Crippen LogP contribution in [0.5, 0.6) is 11.8 Å². The van der Waals surface area contributed by atoms with Crippen LogP contribution in [0.2, 0.25) is 5.28 Å². The van der Waals surface area contributed by atoms with Gasteiger partial charge in [0.1, 0.15) is 5.75 Å². The summed E-state index contributed by atoms with van der Waals surface area (Å²) in [5, 5.41) is 3.11. The summed E-state index contributed by atoms with van der Waals surface area (Å²) in [6, 6.07) is 7.70. The van der Waals surface area contributed by atoms with E-state index in [1.165, 1.54) is 7.11 Å². The third-order valence-electron chi connectivity index (χ3n) is 2.77. The van der Waals surface area contributed by atoms with Crippen molar-refractivity contribution in [1.29, 1.82) is 0 Å². The summed E-state index contributed by atoms with van der Waals surface area (Å²) in [6.07, 6.45) is 1.10. The molecule has 1 N–H and O–H groups in total. The van der Waals surface area contributed by atoms with E-state index in [1.54, 1.807) is 0 Å². The Morgan fingerprint density at radius 3 is 2.81 bits per heavy atom. The predicted molar refractivity (Wildman–Crippen MR) is 81.5 cm³/mol. The second-order valence-corrected chi connectivity index (χ2v) is 4.74. The van der Waals surface area contributed by atoms with E-state index in [-0.39, 0.29) is 17.4 Å². The Hall–Kier alpha value is -2.08. The molecular formula is C14H17ClN4O2. The molecule has 0 bridgehead atoms. The van der Waals surface area contributed by atoms with Gasteiger partial charge in [0, 0.05) is 11.8 Å². The van der Waals surface area contributed by atoms with Crippen LogP contribution in [0.3, 0.4) is 0 Å². The average molecular weight is 309 g/mol. The first-order valence-corrected chi connectivity index (χ1v) is 6.97. The van der Waals surface area contributed by atoms with Crippen LogP contribution >= 0.6 is 11.6 Å². The van der Waals surface area contributed by atoms with Crippen LogP contribution in [0, 0.1) is 0 Å². The van der Waals surface area contributed by atoms with Gasteiger partial charge in [-0.2, -0.15) is 15.0 Å². The van der Waals surface area contributed by atoms with Gasteiger partial charge in [-0.15, -0.1) is 0 Å². The lowest BCUT2D eigenvalue weighted by Gasteiger charge is -2.13. The standard InChI is InChI=1S/C14H17ClN4O2/c1-4-9(2)21-11-7-5-6-10(8-11)16-13-17-12(15)18-14(19-13)20-3/h5-9H,4H2,1-3H3,(H,16,17,18,19). The fourth-order valence-corrected chi connectivity index (χ4v) is 1.72. The molecule has 0 spiro atoms. The van der Waals surface area contributed by atoms with Crippen LogP contribution in [-0.4, -0.2) is 28.2 Å². The Morgan fingerprint density at radius 1 is 1.29 bits per heavy atom.